The fourth-order valence-corrected chi connectivity index (χ4v) is 2.26. The van der Waals surface area contributed by atoms with Crippen LogP contribution in [-0.4, -0.2) is 38.3 Å². The number of aromatic nitrogens is 1. The summed E-state index contributed by atoms with van der Waals surface area (Å²) in [4.78, 5) is 25.1. The van der Waals surface area contributed by atoms with E-state index in [1.165, 1.54) is 6.20 Å². The molecule has 7 nitrogen and oxygen atoms in total. The number of hydrogen-bond acceptors (Lipinski definition) is 4. The van der Waals surface area contributed by atoms with Gasteiger partial charge in [0.15, 0.2) is 5.60 Å². The minimum absolute atomic E-state index is 0.155. The van der Waals surface area contributed by atoms with Gasteiger partial charge in [0.25, 0.3) is 0 Å². The zero-order chi connectivity index (χ0) is 15.6. The second kappa shape index (κ2) is 5.55. The lowest BCUT2D eigenvalue weighted by molar-refractivity contribution is -0.161. The molecule has 1 aromatic carbocycles. The van der Waals surface area contributed by atoms with Crippen LogP contribution in [0, 0.1) is 0 Å². The van der Waals surface area contributed by atoms with Gasteiger partial charge in [-0.1, -0.05) is 18.2 Å². The molecule has 0 radical (unpaired) electrons. The number of carboxylic acids is 2. The first-order valence-corrected chi connectivity index (χ1v) is 6.37. The van der Waals surface area contributed by atoms with Gasteiger partial charge < -0.3 is 26.0 Å². The highest BCUT2D eigenvalue weighted by Gasteiger charge is 2.40. The summed E-state index contributed by atoms with van der Waals surface area (Å²) in [7, 11) is 0. The number of aromatic amines is 1. The molecule has 0 amide bonds. The number of hydrogen-bond donors (Lipinski definition) is 5. The fourth-order valence-electron chi connectivity index (χ4n) is 2.26. The number of fused-ring (bicyclic) bond motifs is 1. The van der Waals surface area contributed by atoms with E-state index in [0.29, 0.717) is 10.9 Å². The molecule has 0 bridgehead atoms. The summed E-state index contributed by atoms with van der Waals surface area (Å²) in [6, 6.07) is 5.73. The normalized spacial score (nSPS) is 15.5. The van der Waals surface area contributed by atoms with Crippen LogP contribution in [-0.2, 0) is 15.2 Å². The molecule has 0 saturated carbocycles. The summed E-state index contributed by atoms with van der Waals surface area (Å²) in [6.07, 6.45) is 0.973. The first kappa shape index (κ1) is 15.0. The van der Waals surface area contributed by atoms with E-state index in [0.717, 1.165) is 0 Å². The van der Waals surface area contributed by atoms with Gasteiger partial charge in [-0.25, -0.2) is 4.79 Å². The highest BCUT2D eigenvalue weighted by atomic mass is 16.4. The van der Waals surface area contributed by atoms with Crippen LogP contribution < -0.4 is 5.73 Å². The third-order valence-electron chi connectivity index (χ3n) is 3.52. The summed E-state index contributed by atoms with van der Waals surface area (Å²) in [5.74, 6) is -2.67. The maximum atomic E-state index is 11.5. The van der Waals surface area contributed by atoms with E-state index in [-0.39, 0.29) is 18.4 Å². The quantitative estimate of drug-likeness (QED) is 0.529. The molecule has 2 rings (SSSR count). The molecule has 0 aliphatic carbocycles. The highest BCUT2D eigenvalue weighted by Crippen LogP contribution is 2.33. The van der Waals surface area contributed by atoms with Crippen molar-refractivity contribution in [3.63, 3.8) is 0 Å². The van der Waals surface area contributed by atoms with Crippen LogP contribution in [0.15, 0.2) is 30.5 Å². The monoisotopic (exact) mass is 292 g/mol. The average Bonchev–Trinajstić information content (AvgIpc) is 2.88. The van der Waals surface area contributed by atoms with E-state index >= 15 is 0 Å². The Labute approximate surface area is 120 Å². The van der Waals surface area contributed by atoms with Gasteiger partial charge in [0.05, 0.1) is 0 Å². The van der Waals surface area contributed by atoms with Crippen LogP contribution in [0.5, 0.6) is 0 Å². The first-order chi connectivity index (χ1) is 9.86. The summed E-state index contributed by atoms with van der Waals surface area (Å²) in [6.45, 7) is 0. The number of nitrogens with two attached hydrogens (primary N) is 1. The van der Waals surface area contributed by atoms with Gasteiger partial charge in [-0.2, -0.15) is 0 Å². The zero-order valence-corrected chi connectivity index (χ0v) is 11.1. The van der Waals surface area contributed by atoms with Crippen LogP contribution >= 0.6 is 0 Å². The van der Waals surface area contributed by atoms with Gasteiger partial charge in [-0.05, 0) is 18.9 Å². The highest BCUT2D eigenvalue weighted by molar-refractivity contribution is 5.90. The number of aliphatic carboxylic acids is 2. The molecule has 0 unspecified atom stereocenters. The maximum Gasteiger partial charge on any atom is 0.340 e. The number of rotatable bonds is 6. The van der Waals surface area contributed by atoms with Crippen molar-refractivity contribution >= 4 is 22.8 Å². The van der Waals surface area contributed by atoms with E-state index in [4.69, 9.17) is 10.8 Å². The molecule has 0 saturated heterocycles. The molecule has 0 aliphatic heterocycles. The molecular formula is C14H16N2O5. The zero-order valence-electron chi connectivity index (χ0n) is 11.1. The Hall–Kier alpha value is -2.38. The number of H-pyrrole nitrogens is 1. The van der Waals surface area contributed by atoms with Crippen molar-refractivity contribution in [1.82, 2.24) is 4.98 Å². The predicted molar refractivity (Wildman–Crippen MR) is 74.7 cm³/mol. The van der Waals surface area contributed by atoms with Crippen molar-refractivity contribution in [3.05, 3.63) is 36.0 Å². The molecule has 0 fully saturated rings. The van der Waals surface area contributed by atoms with Gasteiger partial charge in [0.2, 0.25) is 0 Å². The van der Waals surface area contributed by atoms with Gasteiger partial charge in [0, 0.05) is 22.7 Å². The van der Waals surface area contributed by atoms with E-state index in [1.54, 1.807) is 24.3 Å². The lowest BCUT2D eigenvalue weighted by Gasteiger charge is -2.24. The number of para-hydroxylation sites is 1. The Morgan fingerprint density at radius 2 is 1.95 bits per heavy atom. The fraction of sp³-hybridized carbons (Fsp3) is 0.286. The third-order valence-corrected chi connectivity index (χ3v) is 3.52. The number of carbonyl (C=O) groups is 2. The molecule has 1 heterocycles. The Balaban J connectivity index is 2.38. The molecule has 0 aliphatic rings. The van der Waals surface area contributed by atoms with Crippen LogP contribution in [0.1, 0.15) is 18.4 Å². The second-order valence-corrected chi connectivity index (χ2v) is 4.90. The first-order valence-electron chi connectivity index (χ1n) is 6.37. The Morgan fingerprint density at radius 1 is 1.29 bits per heavy atom. The van der Waals surface area contributed by atoms with Gasteiger partial charge in [-0.3, -0.25) is 4.79 Å². The molecule has 21 heavy (non-hydrogen) atoms. The number of aliphatic hydroxyl groups is 1. The lowest BCUT2D eigenvalue weighted by Crippen LogP contribution is -2.39. The summed E-state index contributed by atoms with van der Waals surface area (Å²) >= 11 is 0. The van der Waals surface area contributed by atoms with Crippen LogP contribution in [0.2, 0.25) is 0 Å². The lowest BCUT2D eigenvalue weighted by atomic mass is 9.87. The van der Waals surface area contributed by atoms with Crippen molar-refractivity contribution in [2.75, 3.05) is 0 Å². The Morgan fingerprint density at radius 3 is 2.57 bits per heavy atom. The average molecular weight is 292 g/mol. The SMILES string of the molecule is N[C@H](CC[C@@](O)(C(=O)O)c1c[nH]c2ccccc12)C(=O)O. The van der Waals surface area contributed by atoms with Crippen LogP contribution in [0.3, 0.4) is 0 Å². The van der Waals surface area contributed by atoms with E-state index in [2.05, 4.69) is 4.98 Å². The van der Waals surface area contributed by atoms with Gasteiger partial charge >= 0.3 is 11.9 Å². The minimum Gasteiger partial charge on any atom is -0.480 e. The Kier molecular flexibility index (Phi) is 3.97. The van der Waals surface area contributed by atoms with Crippen molar-refractivity contribution in [2.24, 2.45) is 5.73 Å². The van der Waals surface area contributed by atoms with Crippen molar-refractivity contribution in [1.29, 1.82) is 0 Å². The minimum atomic E-state index is -2.19. The predicted octanol–water partition coefficient (Wildman–Crippen LogP) is 0.632. The van der Waals surface area contributed by atoms with Crippen molar-refractivity contribution in [2.45, 2.75) is 24.5 Å². The van der Waals surface area contributed by atoms with E-state index in [1.807, 2.05) is 0 Å². The standard InChI is InChI=1S/C14H16N2O5/c15-10(12(17)18)5-6-14(21,13(19)20)9-7-16-11-4-2-1-3-8(9)11/h1-4,7,10,16,21H,5-6,15H2,(H,17,18)(H,19,20)/t10-,14+/m1/s1. The summed E-state index contributed by atoms with van der Waals surface area (Å²) in [5, 5.41) is 29.2. The largest absolute Gasteiger partial charge is 0.480 e. The second-order valence-electron chi connectivity index (χ2n) is 4.90. The summed E-state index contributed by atoms with van der Waals surface area (Å²) in [5.41, 5.74) is 4.08. The van der Waals surface area contributed by atoms with Crippen molar-refractivity contribution in [3.8, 4) is 0 Å². The molecule has 1 aromatic heterocycles. The molecule has 2 aromatic rings. The Bertz CT molecular complexity index is 681. The van der Waals surface area contributed by atoms with E-state index in [9.17, 15) is 19.8 Å². The van der Waals surface area contributed by atoms with Gasteiger partial charge in [0.1, 0.15) is 6.04 Å². The van der Waals surface area contributed by atoms with Crippen molar-refractivity contribution < 1.29 is 24.9 Å². The smallest absolute Gasteiger partial charge is 0.340 e. The number of benzene rings is 1. The molecule has 7 heteroatoms. The van der Waals surface area contributed by atoms with Crippen LogP contribution in [0.4, 0.5) is 0 Å². The molecule has 0 spiro atoms. The number of carboxylic acid groups (broad SMARTS) is 2. The number of nitrogens with one attached hydrogen (secondary N) is 1. The van der Waals surface area contributed by atoms with Crippen LogP contribution in [0.25, 0.3) is 10.9 Å². The summed E-state index contributed by atoms with van der Waals surface area (Å²) < 4.78 is 0. The molecule has 112 valence electrons. The molecule has 6 N–H and O–H groups in total. The molecular weight excluding hydrogens is 276 g/mol. The topological polar surface area (TPSA) is 137 Å². The van der Waals surface area contributed by atoms with Gasteiger partial charge in [-0.15, -0.1) is 0 Å². The van der Waals surface area contributed by atoms with E-state index < -0.39 is 23.6 Å². The maximum absolute atomic E-state index is 11.5. The molecule has 2 atom stereocenters. The third kappa shape index (κ3) is 2.74.